The highest BCUT2D eigenvalue weighted by molar-refractivity contribution is 5.22. The van der Waals surface area contributed by atoms with Crippen molar-refractivity contribution < 1.29 is 4.74 Å². The fourth-order valence-electron chi connectivity index (χ4n) is 1.74. The zero-order chi connectivity index (χ0) is 12.0. The topological polar surface area (TPSA) is 21.3 Å². The summed E-state index contributed by atoms with van der Waals surface area (Å²) >= 11 is 0. The maximum absolute atomic E-state index is 5.21. The molecular weight excluding hydrogens is 198 g/mol. The first-order valence-corrected chi connectivity index (χ1v) is 5.91. The summed E-state index contributed by atoms with van der Waals surface area (Å²) in [7, 11) is 1.75. The molecule has 1 unspecified atom stereocenters. The third kappa shape index (κ3) is 4.33. The Morgan fingerprint density at radius 2 is 2.06 bits per heavy atom. The number of aryl methyl sites for hydroxylation is 1. The summed E-state index contributed by atoms with van der Waals surface area (Å²) in [5.41, 5.74) is 2.65. The maximum atomic E-state index is 5.21. The third-order valence-electron chi connectivity index (χ3n) is 2.80. The predicted molar refractivity (Wildman–Crippen MR) is 68.5 cm³/mol. The van der Waals surface area contributed by atoms with Crippen LogP contribution in [-0.4, -0.2) is 19.8 Å². The van der Waals surface area contributed by atoms with Gasteiger partial charge >= 0.3 is 0 Å². The lowest BCUT2D eigenvalue weighted by atomic mass is 10.0. The molecule has 0 saturated heterocycles. The van der Waals surface area contributed by atoms with Crippen molar-refractivity contribution >= 4 is 0 Å². The van der Waals surface area contributed by atoms with Gasteiger partial charge in [0.25, 0.3) is 0 Å². The molecule has 1 aromatic rings. The monoisotopic (exact) mass is 221 g/mol. The zero-order valence-electron chi connectivity index (χ0n) is 10.8. The second-order valence-electron chi connectivity index (χ2n) is 4.68. The van der Waals surface area contributed by atoms with E-state index in [2.05, 4.69) is 50.4 Å². The minimum atomic E-state index is 0.422. The van der Waals surface area contributed by atoms with Crippen LogP contribution in [-0.2, 0) is 11.3 Å². The van der Waals surface area contributed by atoms with Gasteiger partial charge in [0.1, 0.15) is 0 Å². The number of methoxy groups -OCH3 is 1. The van der Waals surface area contributed by atoms with Crippen molar-refractivity contribution in [2.45, 2.75) is 33.4 Å². The summed E-state index contributed by atoms with van der Waals surface area (Å²) in [5, 5.41) is 3.54. The van der Waals surface area contributed by atoms with E-state index in [9.17, 15) is 0 Å². The molecule has 0 bridgehead atoms. The molecule has 1 atom stereocenters. The van der Waals surface area contributed by atoms with Gasteiger partial charge in [-0.3, -0.25) is 0 Å². The van der Waals surface area contributed by atoms with Crippen LogP contribution in [0.1, 0.15) is 25.0 Å². The average molecular weight is 221 g/mol. The second kappa shape index (κ2) is 6.66. The van der Waals surface area contributed by atoms with Gasteiger partial charge in [0.2, 0.25) is 0 Å². The highest BCUT2D eigenvalue weighted by Crippen LogP contribution is 2.06. The van der Waals surface area contributed by atoms with Crippen molar-refractivity contribution in [1.82, 2.24) is 5.32 Å². The third-order valence-corrected chi connectivity index (χ3v) is 2.80. The van der Waals surface area contributed by atoms with E-state index in [0.29, 0.717) is 12.0 Å². The maximum Gasteiger partial charge on any atom is 0.0618 e. The van der Waals surface area contributed by atoms with E-state index in [0.717, 1.165) is 13.2 Å². The Balaban J connectivity index is 2.48. The smallest absolute Gasteiger partial charge is 0.0618 e. The molecule has 0 amide bonds. The van der Waals surface area contributed by atoms with Crippen molar-refractivity contribution in [3.8, 4) is 0 Å². The quantitative estimate of drug-likeness (QED) is 0.797. The molecule has 1 N–H and O–H groups in total. The Bertz CT molecular complexity index is 309. The van der Waals surface area contributed by atoms with E-state index < -0.39 is 0 Å². The standard InChI is InChI=1S/C14H23NO/c1-11(2)14(10-16-4)15-9-13-7-5-6-12(3)8-13/h5-8,11,14-15H,9-10H2,1-4H3. The van der Waals surface area contributed by atoms with Crippen LogP contribution in [0, 0.1) is 12.8 Å². The number of hydrogen-bond acceptors (Lipinski definition) is 2. The number of hydrogen-bond donors (Lipinski definition) is 1. The van der Waals surface area contributed by atoms with Crippen molar-refractivity contribution in [3.05, 3.63) is 35.4 Å². The van der Waals surface area contributed by atoms with Gasteiger partial charge in [-0.1, -0.05) is 43.7 Å². The first-order chi connectivity index (χ1) is 7.63. The molecule has 0 aliphatic rings. The van der Waals surface area contributed by atoms with E-state index in [-0.39, 0.29) is 0 Å². The molecule has 0 aliphatic heterocycles. The highest BCUT2D eigenvalue weighted by Gasteiger charge is 2.11. The Morgan fingerprint density at radius 1 is 1.31 bits per heavy atom. The normalized spacial score (nSPS) is 13.1. The Kier molecular flexibility index (Phi) is 5.50. The van der Waals surface area contributed by atoms with Crippen molar-refractivity contribution in [1.29, 1.82) is 0 Å². The molecule has 0 heterocycles. The molecular formula is C14H23NO. The van der Waals surface area contributed by atoms with E-state index in [1.54, 1.807) is 7.11 Å². The van der Waals surface area contributed by atoms with Crippen LogP contribution < -0.4 is 5.32 Å². The average Bonchev–Trinajstić information content (AvgIpc) is 2.24. The van der Waals surface area contributed by atoms with Gasteiger partial charge in [0.15, 0.2) is 0 Å². The highest BCUT2D eigenvalue weighted by atomic mass is 16.5. The number of ether oxygens (including phenoxy) is 1. The molecule has 90 valence electrons. The van der Waals surface area contributed by atoms with Crippen LogP contribution >= 0.6 is 0 Å². The Labute approximate surface area is 99.0 Å². The molecule has 0 fully saturated rings. The predicted octanol–water partition coefficient (Wildman–Crippen LogP) is 2.76. The molecule has 0 saturated carbocycles. The molecule has 0 aromatic heterocycles. The van der Waals surface area contributed by atoms with Crippen LogP contribution in [0.5, 0.6) is 0 Å². The Hall–Kier alpha value is -0.860. The lowest BCUT2D eigenvalue weighted by molar-refractivity contribution is 0.146. The summed E-state index contributed by atoms with van der Waals surface area (Å²) in [6.07, 6.45) is 0. The second-order valence-corrected chi connectivity index (χ2v) is 4.68. The number of benzene rings is 1. The number of nitrogens with one attached hydrogen (secondary N) is 1. The van der Waals surface area contributed by atoms with Gasteiger partial charge < -0.3 is 10.1 Å². The summed E-state index contributed by atoms with van der Waals surface area (Å²) in [6.45, 7) is 8.23. The van der Waals surface area contributed by atoms with Crippen LogP contribution in [0.25, 0.3) is 0 Å². The largest absolute Gasteiger partial charge is 0.383 e. The minimum Gasteiger partial charge on any atom is -0.383 e. The fourth-order valence-corrected chi connectivity index (χ4v) is 1.74. The van der Waals surface area contributed by atoms with Gasteiger partial charge in [-0.2, -0.15) is 0 Å². The van der Waals surface area contributed by atoms with Crippen LogP contribution in [0.4, 0.5) is 0 Å². The van der Waals surface area contributed by atoms with Crippen LogP contribution in [0.3, 0.4) is 0 Å². The van der Waals surface area contributed by atoms with Crippen LogP contribution in [0.2, 0.25) is 0 Å². The minimum absolute atomic E-state index is 0.422. The lowest BCUT2D eigenvalue weighted by Gasteiger charge is -2.21. The first-order valence-electron chi connectivity index (χ1n) is 5.91. The Morgan fingerprint density at radius 3 is 2.62 bits per heavy atom. The molecule has 16 heavy (non-hydrogen) atoms. The van der Waals surface area contributed by atoms with Crippen molar-refractivity contribution in [3.63, 3.8) is 0 Å². The summed E-state index contributed by atoms with van der Waals surface area (Å²) in [5.74, 6) is 0.588. The molecule has 1 rings (SSSR count). The van der Waals surface area contributed by atoms with Gasteiger partial charge in [0.05, 0.1) is 6.61 Å². The van der Waals surface area contributed by atoms with Gasteiger partial charge in [-0.15, -0.1) is 0 Å². The van der Waals surface area contributed by atoms with E-state index >= 15 is 0 Å². The number of rotatable bonds is 6. The van der Waals surface area contributed by atoms with Crippen molar-refractivity contribution in [2.75, 3.05) is 13.7 Å². The summed E-state index contributed by atoms with van der Waals surface area (Å²) < 4.78 is 5.21. The van der Waals surface area contributed by atoms with E-state index in [1.807, 2.05) is 0 Å². The summed E-state index contributed by atoms with van der Waals surface area (Å²) in [6, 6.07) is 9.03. The zero-order valence-corrected chi connectivity index (χ0v) is 10.8. The molecule has 0 radical (unpaired) electrons. The first kappa shape index (κ1) is 13.2. The van der Waals surface area contributed by atoms with E-state index in [4.69, 9.17) is 4.74 Å². The molecule has 2 heteroatoms. The SMILES string of the molecule is COCC(NCc1cccc(C)c1)C(C)C. The molecule has 2 nitrogen and oxygen atoms in total. The van der Waals surface area contributed by atoms with E-state index in [1.165, 1.54) is 11.1 Å². The molecule has 1 aromatic carbocycles. The lowest BCUT2D eigenvalue weighted by Crippen LogP contribution is -2.37. The summed E-state index contributed by atoms with van der Waals surface area (Å²) in [4.78, 5) is 0. The van der Waals surface area contributed by atoms with Gasteiger partial charge in [-0.05, 0) is 18.4 Å². The van der Waals surface area contributed by atoms with Crippen molar-refractivity contribution in [2.24, 2.45) is 5.92 Å². The van der Waals surface area contributed by atoms with Gasteiger partial charge in [-0.25, -0.2) is 0 Å². The fraction of sp³-hybridized carbons (Fsp3) is 0.571. The molecule has 0 spiro atoms. The molecule has 0 aliphatic carbocycles. The van der Waals surface area contributed by atoms with Crippen LogP contribution in [0.15, 0.2) is 24.3 Å². The van der Waals surface area contributed by atoms with Gasteiger partial charge in [0, 0.05) is 19.7 Å².